The minimum Gasteiger partial charge on any atom is -0.381 e. The van der Waals surface area contributed by atoms with E-state index in [0.29, 0.717) is 48.4 Å². The van der Waals surface area contributed by atoms with Gasteiger partial charge in [0.2, 0.25) is 5.91 Å². The molecule has 10 heteroatoms. The number of hydrogen-bond donors (Lipinski definition) is 2. The molecule has 2 aliphatic heterocycles. The Hall–Kier alpha value is -3.24. The fourth-order valence-corrected chi connectivity index (χ4v) is 4.73. The Morgan fingerprint density at radius 2 is 2.03 bits per heavy atom. The van der Waals surface area contributed by atoms with Gasteiger partial charge in [-0.15, -0.1) is 0 Å². The molecule has 2 aromatic carbocycles. The molecule has 1 saturated heterocycles. The topological polar surface area (TPSA) is 91.0 Å². The van der Waals surface area contributed by atoms with Crippen LogP contribution in [0.1, 0.15) is 39.9 Å². The summed E-state index contributed by atoms with van der Waals surface area (Å²) in [5, 5.41) is 5.73. The quantitative estimate of drug-likeness (QED) is 0.389. The number of benzene rings is 2. The summed E-state index contributed by atoms with van der Waals surface area (Å²) in [4.78, 5) is 40.3. The zero-order chi connectivity index (χ0) is 25.7. The number of anilines is 1. The lowest BCUT2D eigenvalue weighted by molar-refractivity contribution is -0.127. The highest BCUT2D eigenvalue weighted by molar-refractivity contribution is 6.30. The molecular formula is C26H30BFN4O4. The van der Waals surface area contributed by atoms with Crippen LogP contribution in [0.2, 0.25) is 0 Å². The number of carbonyl (C=O) groups is 3. The van der Waals surface area contributed by atoms with Crippen LogP contribution in [0.25, 0.3) is 0 Å². The van der Waals surface area contributed by atoms with Crippen LogP contribution >= 0.6 is 0 Å². The molecule has 1 fully saturated rings. The molecule has 2 heterocycles. The number of likely N-dealkylation sites (N-methyl/N-ethyl adjacent to an activating group) is 1. The second-order valence-electron chi connectivity index (χ2n) is 9.10. The van der Waals surface area contributed by atoms with Crippen molar-refractivity contribution in [2.24, 2.45) is 0 Å². The van der Waals surface area contributed by atoms with Crippen molar-refractivity contribution in [3.05, 3.63) is 64.5 Å². The summed E-state index contributed by atoms with van der Waals surface area (Å²) < 4.78 is 20.2. The minimum absolute atomic E-state index is 0.000671. The van der Waals surface area contributed by atoms with Crippen LogP contribution < -0.4 is 10.6 Å². The molecule has 36 heavy (non-hydrogen) atoms. The lowest BCUT2D eigenvalue weighted by Crippen LogP contribution is -2.59. The summed E-state index contributed by atoms with van der Waals surface area (Å²) in [7, 11) is 7.82. The normalized spacial score (nSPS) is 17.4. The zero-order valence-corrected chi connectivity index (χ0v) is 20.4. The Morgan fingerprint density at radius 1 is 1.25 bits per heavy atom. The first kappa shape index (κ1) is 25.8. The van der Waals surface area contributed by atoms with Crippen molar-refractivity contribution in [2.45, 2.75) is 37.9 Å². The van der Waals surface area contributed by atoms with E-state index in [0.717, 1.165) is 18.7 Å². The van der Waals surface area contributed by atoms with E-state index < -0.39 is 11.3 Å². The number of halogens is 1. The van der Waals surface area contributed by atoms with Gasteiger partial charge in [0.05, 0.1) is 18.7 Å². The molecule has 2 aromatic rings. The monoisotopic (exact) mass is 492 g/mol. The highest BCUT2D eigenvalue weighted by Crippen LogP contribution is 2.35. The predicted molar refractivity (Wildman–Crippen MR) is 134 cm³/mol. The number of ether oxygens (including phenoxy) is 1. The van der Waals surface area contributed by atoms with Crippen LogP contribution in [0.4, 0.5) is 10.1 Å². The maximum absolute atomic E-state index is 14.9. The SMILES string of the molecule is [B]C(CCC=O)(C(=O)NC)N1Cc2c(NCc3ccc(CN4CCOCC4)cc3F)cccc2C1=O. The van der Waals surface area contributed by atoms with Gasteiger partial charge in [-0.1, -0.05) is 18.2 Å². The van der Waals surface area contributed by atoms with E-state index in [1.165, 1.54) is 11.9 Å². The number of hydrogen-bond acceptors (Lipinski definition) is 6. The van der Waals surface area contributed by atoms with Crippen LogP contribution in [0, 0.1) is 5.82 Å². The number of nitrogens with zero attached hydrogens (tertiary/aromatic N) is 2. The molecule has 0 spiro atoms. The second kappa shape index (κ2) is 11.2. The summed E-state index contributed by atoms with van der Waals surface area (Å²) >= 11 is 0. The molecule has 0 saturated carbocycles. The van der Waals surface area contributed by atoms with Gasteiger partial charge in [-0.2, -0.15) is 0 Å². The third-order valence-electron chi connectivity index (χ3n) is 6.81. The van der Waals surface area contributed by atoms with Crippen molar-refractivity contribution >= 4 is 31.6 Å². The zero-order valence-electron chi connectivity index (χ0n) is 20.4. The van der Waals surface area contributed by atoms with E-state index in [-0.39, 0.29) is 37.7 Å². The molecule has 0 bridgehead atoms. The number of morpholine rings is 1. The molecule has 8 nitrogen and oxygen atoms in total. The average molecular weight is 492 g/mol. The fourth-order valence-electron chi connectivity index (χ4n) is 4.73. The number of fused-ring (bicyclic) bond motifs is 1. The van der Waals surface area contributed by atoms with Gasteiger partial charge in [-0.25, -0.2) is 4.39 Å². The van der Waals surface area contributed by atoms with Crippen molar-refractivity contribution in [2.75, 3.05) is 38.7 Å². The van der Waals surface area contributed by atoms with Crippen molar-refractivity contribution in [3.63, 3.8) is 0 Å². The Morgan fingerprint density at radius 3 is 2.72 bits per heavy atom. The van der Waals surface area contributed by atoms with Gasteiger partial charge in [0.25, 0.3) is 5.91 Å². The average Bonchev–Trinajstić information content (AvgIpc) is 3.24. The Bertz CT molecular complexity index is 1140. The van der Waals surface area contributed by atoms with E-state index in [2.05, 4.69) is 15.5 Å². The highest BCUT2D eigenvalue weighted by atomic mass is 19.1. The summed E-state index contributed by atoms with van der Waals surface area (Å²) in [5.74, 6) is -1.23. The predicted octanol–water partition coefficient (Wildman–Crippen LogP) is 1.82. The molecule has 188 valence electrons. The number of rotatable bonds is 10. The molecule has 2 amide bonds. The Labute approximate surface area is 211 Å². The van der Waals surface area contributed by atoms with Gasteiger partial charge in [0.1, 0.15) is 19.9 Å². The van der Waals surface area contributed by atoms with Crippen LogP contribution in [0.15, 0.2) is 36.4 Å². The third-order valence-corrected chi connectivity index (χ3v) is 6.81. The van der Waals surface area contributed by atoms with E-state index in [4.69, 9.17) is 12.6 Å². The van der Waals surface area contributed by atoms with E-state index in [1.807, 2.05) is 12.1 Å². The highest BCUT2D eigenvalue weighted by Gasteiger charge is 2.45. The molecule has 2 aliphatic rings. The largest absolute Gasteiger partial charge is 0.381 e. The number of nitrogens with one attached hydrogen (secondary N) is 2. The lowest BCUT2D eigenvalue weighted by Gasteiger charge is -2.37. The molecule has 1 unspecified atom stereocenters. The molecule has 2 radical (unpaired) electrons. The summed E-state index contributed by atoms with van der Waals surface area (Å²) in [5.41, 5.74) is 1.51. The molecule has 4 rings (SSSR count). The van der Waals surface area contributed by atoms with Crippen molar-refractivity contribution in [1.29, 1.82) is 0 Å². The van der Waals surface area contributed by atoms with E-state index >= 15 is 0 Å². The van der Waals surface area contributed by atoms with E-state index in [1.54, 1.807) is 24.3 Å². The maximum Gasteiger partial charge on any atom is 0.254 e. The Balaban J connectivity index is 1.48. The fraction of sp³-hybridized carbons (Fsp3) is 0.423. The first-order chi connectivity index (χ1) is 17.4. The van der Waals surface area contributed by atoms with Crippen molar-refractivity contribution in [3.8, 4) is 0 Å². The summed E-state index contributed by atoms with van der Waals surface area (Å²) in [6.07, 6.45) is 0.711. The van der Waals surface area contributed by atoms with Gasteiger partial charge in [0, 0.05) is 68.6 Å². The van der Waals surface area contributed by atoms with Crippen LogP contribution in [0.5, 0.6) is 0 Å². The number of carbonyl (C=O) groups excluding carboxylic acids is 3. The van der Waals surface area contributed by atoms with Crippen LogP contribution in [-0.2, 0) is 34.0 Å². The van der Waals surface area contributed by atoms with Gasteiger partial charge >= 0.3 is 0 Å². The second-order valence-corrected chi connectivity index (χ2v) is 9.10. The first-order valence-electron chi connectivity index (χ1n) is 12.1. The van der Waals surface area contributed by atoms with Gasteiger partial charge in [-0.3, -0.25) is 14.5 Å². The number of amides is 2. The van der Waals surface area contributed by atoms with Crippen molar-refractivity contribution < 1.29 is 23.5 Å². The van der Waals surface area contributed by atoms with Gasteiger partial charge < -0.3 is 25.1 Å². The molecule has 1 atom stereocenters. The smallest absolute Gasteiger partial charge is 0.254 e. The Kier molecular flexibility index (Phi) is 8.06. The summed E-state index contributed by atoms with van der Waals surface area (Å²) in [6, 6.07) is 10.5. The maximum atomic E-state index is 14.9. The summed E-state index contributed by atoms with van der Waals surface area (Å²) in [6.45, 7) is 4.05. The van der Waals surface area contributed by atoms with Crippen LogP contribution in [0.3, 0.4) is 0 Å². The third kappa shape index (κ3) is 5.29. The lowest BCUT2D eigenvalue weighted by atomic mass is 9.71. The van der Waals surface area contributed by atoms with Gasteiger partial charge in [-0.05, 0) is 30.2 Å². The minimum atomic E-state index is -1.66. The van der Waals surface area contributed by atoms with E-state index in [9.17, 15) is 18.8 Å². The molecule has 0 aliphatic carbocycles. The molecule has 0 aromatic heterocycles. The molecular weight excluding hydrogens is 462 g/mol. The first-order valence-corrected chi connectivity index (χ1v) is 12.1. The van der Waals surface area contributed by atoms with Gasteiger partial charge in [0.15, 0.2) is 0 Å². The molecule has 2 N–H and O–H groups in total. The van der Waals surface area contributed by atoms with Crippen LogP contribution in [-0.4, -0.2) is 74.5 Å². The van der Waals surface area contributed by atoms with Crippen molar-refractivity contribution in [1.82, 2.24) is 15.1 Å². The standard InChI is InChI=1S/C26H30BFN4O4/c1-29-25(35)26(27,8-3-11-33)32-17-21-20(24(32)34)4-2-5-23(21)30-15-19-7-6-18(14-22(19)28)16-31-9-12-36-13-10-31/h2,4-7,11,14,30H,3,8-10,12-13,15-17H2,1H3,(H,29,35). The number of aldehydes is 1.